The van der Waals surface area contributed by atoms with E-state index in [-0.39, 0.29) is 6.09 Å². The Morgan fingerprint density at radius 1 is 1.19 bits per heavy atom. The predicted molar refractivity (Wildman–Crippen MR) is 101 cm³/mol. The standard InChI is InChI=1S/C18H25N5O3/c1-3-26-18(24)23-11-9-22(10-12-23)17-20-15-7-5-4-6-14(15)16(21-17)19-8-13-25-2/h4-7H,3,8-13H2,1-2H3,(H,19,20,21). The molecule has 8 nitrogen and oxygen atoms in total. The molecule has 0 aliphatic carbocycles. The lowest BCUT2D eigenvalue weighted by Gasteiger charge is -2.34. The van der Waals surface area contributed by atoms with E-state index in [1.54, 1.807) is 12.0 Å². The van der Waals surface area contributed by atoms with Gasteiger partial charge in [-0.1, -0.05) is 12.1 Å². The summed E-state index contributed by atoms with van der Waals surface area (Å²) in [5.74, 6) is 1.47. The van der Waals surface area contributed by atoms with E-state index >= 15 is 0 Å². The molecule has 8 heteroatoms. The van der Waals surface area contributed by atoms with Crippen molar-refractivity contribution in [1.29, 1.82) is 0 Å². The van der Waals surface area contributed by atoms with Gasteiger partial charge in [0.25, 0.3) is 0 Å². The summed E-state index contributed by atoms with van der Waals surface area (Å²) in [6.07, 6.45) is -0.256. The van der Waals surface area contributed by atoms with Crippen LogP contribution in [0.5, 0.6) is 0 Å². The Labute approximate surface area is 153 Å². The van der Waals surface area contributed by atoms with E-state index < -0.39 is 0 Å². The molecule has 1 N–H and O–H groups in total. The van der Waals surface area contributed by atoms with Gasteiger partial charge in [-0.25, -0.2) is 9.78 Å². The number of aromatic nitrogens is 2. The Bertz CT molecular complexity index is 747. The maximum atomic E-state index is 11.8. The molecule has 1 aromatic heterocycles. The van der Waals surface area contributed by atoms with Gasteiger partial charge in [-0.2, -0.15) is 4.98 Å². The van der Waals surface area contributed by atoms with Crippen LogP contribution in [0.4, 0.5) is 16.6 Å². The summed E-state index contributed by atoms with van der Waals surface area (Å²) in [4.78, 5) is 25.1. The molecule has 26 heavy (non-hydrogen) atoms. The number of methoxy groups -OCH3 is 1. The SMILES string of the molecule is CCOC(=O)N1CCN(c2nc(NCCOC)c3ccccc3n2)CC1. The van der Waals surface area contributed by atoms with Crippen molar-refractivity contribution in [3.05, 3.63) is 24.3 Å². The second-order valence-corrected chi connectivity index (χ2v) is 5.98. The monoisotopic (exact) mass is 359 g/mol. The highest BCUT2D eigenvalue weighted by Crippen LogP contribution is 2.24. The van der Waals surface area contributed by atoms with Gasteiger partial charge in [0.1, 0.15) is 5.82 Å². The molecule has 2 heterocycles. The zero-order valence-corrected chi connectivity index (χ0v) is 15.3. The topological polar surface area (TPSA) is 79.8 Å². The van der Waals surface area contributed by atoms with Gasteiger partial charge in [0.2, 0.25) is 5.95 Å². The maximum Gasteiger partial charge on any atom is 0.409 e. The molecule has 0 atom stereocenters. The fraction of sp³-hybridized carbons (Fsp3) is 0.500. The summed E-state index contributed by atoms with van der Waals surface area (Å²) >= 11 is 0. The summed E-state index contributed by atoms with van der Waals surface area (Å²) in [6, 6.07) is 7.94. The molecule has 0 unspecified atom stereocenters. The van der Waals surface area contributed by atoms with Crippen molar-refractivity contribution >= 4 is 28.8 Å². The molecule has 0 spiro atoms. The number of carbonyl (C=O) groups is 1. The third kappa shape index (κ3) is 4.13. The fourth-order valence-corrected chi connectivity index (χ4v) is 2.92. The van der Waals surface area contributed by atoms with Gasteiger partial charge in [0, 0.05) is 45.2 Å². The van der Waals surface area contributed by atoms with E-state index in [1.165, 1.54) is 0 Å². The highest BCUT2D eigenvalue weighted by atomic mass is 16.6. The molecule has 1 fully saturated rings. The summed E-state index contributed by atoms with van der Waals surface area (Å²) < 4.78 is 10.2. The van der Waals surface area contributed by atoms with Crippen molar-refractivity contribution in [3.63, 3.8) is 0 Å². The molecule has 140 valence electrons. The number of rotatable bonds is 6. The van der Waals surface area contributed by atoms with Crippen molar-refractivity contribution in [3.8, 4) is 0 Å². The smallest absolute Gasteiger partial charge is 0.409 e. The van der Waals surface area contributed by atoms with Gasteiger partial charge in [-0.05, 0) is 19.1 Å². The quantitative estimate of drug-likeness (QED) is 0.790. The van der Waals surface area contributed by atoms with Gasteiger partial charge >= 0.3 is 6.09 Å². The Morgan fingerprint density at radius 3 is 2.69 bits per heavy atom. The molecule has 0 radical (unpaired) electrons. The molecule has 1 amide bonds. The number of nitrogens with one attached hydrogen (secondary N) is 1. The third-order valence-electron chi connectivity index (χ3n) is 4.28. The van der Waals surface area contributed by atoms with Gasteiger partial charge in [0.05, 0.1) is 18.7 Å². The van der Waals surface area contributed by atoms with Crippen molar-refractivity contribution in [2.75, 3.05) is 63.3 Å². The molecule has 0 bridgehead atoms. The zero-order chi connectivity index (χ0) is 18.4. The molecule has 1 aromatic carbocycles. The second-order valence-electron chi connectivity index (χ2n) is 5.98. The summed E-state index contributed by atoms with van der Waals surface area (Å²) in [6.45, 7) is 6.03. The van der Waals surface area contributed by atoms with E-state index in [9.17, 15) is 4.79 Å². The van der Waals surface area contributed by atoms with Crippen molar-refractivity contribution < 1.29 is 14.3 Å². The van der Waals surface area contributed by atoms with E-state index in [0.717, 1.165) is 16.7 Å². The molecule has 2 aromatic rings. The van der Waals surface area contributed by atoms with Gasteiger partial charge in [-0.15, -0.1) is 0 Å². The first-order valence-electron chi connectivity index (χ1n) is 8.89. The lowest BCUT2D eigenvalue weighted by molar-refractivity contribution is 0.105. The van der Waals surface area contributed by atoms with Crippen LogP contribution in [-0.2, 0) is 9.47 Å². The van der Waals surface area contributed by atoms with Crippen LogP contribution >= 0.6 is 0 Å². The molecule has 1 aliphatic rings. The normalized spacial score (nSPS) is 14.5. The number of para-hydroxylation sites is 1. The number of hydrogen-bond donors (Lipinski definition) is 1. The largest absolute Gasteiger partial charge is 0.450 e. The summed E-state index contributed by atoms with van der Waals surface area (Å²) in [7, 11) is 1.67. The minimum Gasteiger partial charge on any atom is -0.450 e. The number of nitrogens with zero attached hydrogens (tertiary/aromatic N) is 4. The first-order valence-corrected chi connectivity index (χ1v) is 8.89. The second kappa shape index (κ2) is 8.66. The predicted octanol–water partition coefficient (Wildman–Crippen LogP) is 1.97. The zero-order valence-electron chi connectivity index (χ0n) is 15.3. The van der Waals surface area contributed by atoms with Crippen molar-refractivity contribution in [1.82, 2.24) is 14.9 Å². The maximum absolute atomic E-state index is 11.8. The average molecular weight is 359 g/mol. The lowest BCUT2D eigenvalue weighted by atomic mass is 10.2. The molecule has 1 aliphatic heterocycles. The Kier molecular flexibility index (Phi) is 6.06. The number of amides is 1. The van der Waals surface area contributed by atoms with Crippen LogP contribution in [0.15, 0.2) is 24.3 Å². The summed E-state index contributed by atoms with van der Waals surface area (Å²) in [5, 5.41) is 4.31. The number of anilines is 2. The van der Waals surface area contributed by atoms with E-state index in [1.807, 2.05) is 31.2 Å². The average Bonchev–Trinajstić information content (AvgIpc) is 2.68. The van der Waals surface area contributed by atoms with Crippen LogP contribution in [0.1, 0.15) is 6.92 Å². The minimum atomic E-state index is -0.256. The first-order chi connectivity index (χ1) is 12.7. The molecule has 0 saturated carbocycles. The van der Waals surface area contributed by atoms with E-state index in [0.29, 0.717) is 51.9 Å². The van der Waals surface area contributed by atoms with Crippen LogP contribution in [-0.4, -0.2) is 74.0 Å². The van der Waals surface area contributed by atoms with Crippen LogP contribution in [0, 0.1) is 0 Å². The van der Waals surface area contributed by atoms with Crippen LogP contribution in [0.25, 0.3) is 10.9 Å². The minimum absolute atomic E-state index is 0.256. The highest BCUT2D eigenvalue weighted by molar-refractivity contribution is 5.90. The van der Waals surface area contributed by atoms with Crippen LogP contribution in [0.3, 0.4) is 0 Å². The van der Waals surface area contributed by atoms with E-state index in [2.05, 4.69) is 10.2 Å². The molecule has 3 rings (SSSR count). The lowest BCUT2D eigenvalue weighted by Crippen LogP contribution is -2.49. The van der Waals surface area contributed by atoms with Crippen LogP contribution < -0.4 is 10.2 Å². The Balaban J connectivity index is 1.76. The third-order valence-corrected chi connectivity index (χ3v) is 4.28. The number of piperazine rings is 1. The van der Waals surface area contributed by atoms with Crippen LogP contribution in [0.2, 0.25) is 0 Å². The number of hydrogen-bond acceptors (Lipinski definition) is 7. The summed E-state index contributed by atoms with van der Waals surface area (Å²) in [5.41, 5.74) is 0.894. The molecular formula is C18H25N5O3. The molecule has 1 saturated heterocycles. The Hall–Kier alpha value is -2.61. The van der Waals surface area contributed by atoms with Crippen molar-refractivity contribution in [2.24, 2.45) is 0 Å². The number of ether oxygens (including phenoxy) is 2. The molecular weight excluding hydrogens is 334 g/mol. The van der Waals surface area contributed by atoms with Gasteiger partial charge in [-0.3, -0.25) is 0 Å². The number of fused-ring (bicyclic) bond motifs is 1. The highest BCUT2D eigenvalue weighted by Gasteiger charge is 2.24. The first kappa shape index (κ1) is 18.2. The Morgan fingerprint density at radius 2 is 1.96 bits per heavy atom. The fourth-order valence-electron chi connectivity index (χ4n) is 2.92. The number of carbonyl (C=O) groups excluding carboxylic acids is 1. The number of benzene rings is 1. The van der Waals surface area contributed by atoms with Gasteiger partial charge < -0.3 is 24.6 Å². The van der Waals surface area contributed by atoms with E-state index in [4.69, 9.17) is 19.4 Å². The van der Waals surface area contributed by atoms with Gasteiger partial charge in [0.15, 0.2) is 0 Å². The van der Waals surface area contributed by atoms with Crippen molar-refractivity contribution in [2.45, 2.75) is 6.92 Å².